The molecular weight excluding hydrogens is 570 g/mol. The lowest BCUT2D eigenvalue weighted by Gasteiger charge is -2.18. The first-order valence-electron chi connectivity index (χ1n) is 10.6. The van der Waals surface area contributed by atoms with Crippen molar-refractivity contribution in [1.29, 1.82) is 0 Å². The van der Waals surface area contributed by atoms with Gasteiger partial charge >= 0.3 is 0 Å². The van der Waals surface area contributed by atoms with E-state index in [0.29, 0.717) is 32.5 Å². The van der Waals surface area contributed by atoms with Gasteiger partial charge in [-0.2, -0.15) is 9.97 Å². The Bertz CT molecular complexity index is 1010. The predicted octanol–water partition coefficient (Wildman–Crippen LogP) is 4.61. The number of nitrogens with one attached hydrogen (secondary N) is 3. The standard InChI is InChI=1S/C22H27Br2N7O3/c1-11(12(2)32)27-19-17(23)9-25-21(30-19)28-15-5-7-16(8-6-15)29-22-26-10-18(24)20(31-22)34-14(4)13(3)33/h5-14,32-33H,1-4H3,(H,26,29,31)(H2,25,27,28,30)/t11-,12-,13-,14-/m1/s1. The van der Waals surface area contributed by atoms with Crippen molar-refractivity contribution < 1.29 is 14.9 Å². The Balaban J connectivity index is 1.67. The van der Waals surface area contributed by atoms with Gasteiger partial charge in [0.1, 0.15) is 11.9 Å². The van der Waals surface area contributed by atoms with Crippen molar-refractivity contribution in [1.82, 2.24) is 19.9 Å². The molecule has 1 aromatic carbocycles. The maximum absolute atomic E-state index is 9.73. The van der Waals surface area contributed by atoms with Crippen molar-refractivity contribution in [3.05, 3.63) is 45.6 Å². The van der Waals surface area contributed by atoms with E-state index in [1.165, 1.54) is 0 Å². The molecule has 0 saturated heterocycles. The summed E-state index contributed by atoms with van der Waals surface area (Å²) in [6.45, 7) is 7.00. The van der Waals surface area contributed by atoms with Gasteiger partial charge < -0.3 is 30.9 Å². The van der Waals surface area contributed by atoms with E-state index in [2.05, 4.69) is 67.7 Å². The normalized spacial score (nSPS) is 14.6. The largest absolute Gasteiger partial charge is 0.471 e. The zero-order chi connectivity index (χ0) is 24.8. The van der Waals surface area contributed by atoms with Crippen LogP contribution in [0.2, 0.25) is 0 Å². The van der Waals surface area contributed by atoms with Crippen molar-refractivity contribution in [2.45, 2.75) is 52.0 Å². The summed E-state index contributed by atoms with van der Waals surface area (Å²) in [6.07, 6.45) is 1.64. The van der Waals surface area contributed by atoms with Gasteiger partial charge in [0.2, 0.25) is 17.8 Å². The summed E-state index contributed by atoms with van der Waals surface area (Å²) >= 11 is 6.79. The molecule has 4 atom stereocenters. The smallest absolute Gasteiger partial charge is 0.233 e. The molecule has 0 unspecified atom stereocenters. The van der Waals surface area contributed by atoms with E-state index >= 15 is 0 Å². The number of hydrogen-bond donors (Lipinski definition) is 5. The monoisotopic (exact) mass is 595 g/mol. The van der Waals surface area contributed by atoms with Crippen LogP contribution in [0.15, 0.2) is 45.6 Å². The molecule has 3 aromatic rings. The fourth-order valence-electron chi connectivity index (χ4n) is 2.53. The van der Waals surface area contributed by atoms with Gasteiger partial charge in [0.25, 0.3) is 0 Å². The van der Waals surface area contributed by atoms with Crippen LogP contribution in [0, 0.1) is 0 Å². The third-order valence-corrected chi connectivity index (χ3v) is 6.04. The highest BCUT2D eigenvalue weighted by Crippen LogP contribution is 2.27. The van der Waals surface area contributed by atoms with Crippen molar-refractivity contribution in [3.63, 3.8) is 0 Å². The second-order valence-electron chi connectivity index (χ2n) is 7.80. The van der Waals surface area contributed by atoms with Crippen LogP contribution in [0.4, 0.5) is 29.1 Å². The summed E-state index contributed by atoms with van der Waals surface area (Å²) in [6, 6.07) is 7.28. The second-order valence-corrected chi connectivity index (χ2v) is 9.51. The molecule has 10 nitrogen and oxygen atoms in total. The molecule has 0 bridgehead atoms. The molecule has 0 fully saturated rings. The first-order valence-corrected chi connectivity index (χ1v) is 12.2. The Kier molecular flexibility index (Phi) is 9.00. The Morgan fingerprint density at radius 3 is 1.85 bits per heavy atom. The van der Waals surface area contributed by atoms with Gasteiger partial charge in [-0.05, 0) is 83.8 Å². The van der Waals surface area contributed by atoms with Gasteiger partial charge in [0, 0.05) is 17.6 Å². The number of aliphatic hydroxyl groups is 2. The molecule has 5 N–H and O–H groups in total. The molecule has 0 aliphatic carbocycles. The average molecular weight is 597 g/mol. The summed E-state index contributed by atoms with van der Waals surface area (Å²) in [7, 11) is 0. The highest BCUT2D eigenvalue weighted by atomic mass is 79.9. The number of aliphatic hydroxyl groups excluding tert-OH is 2. The summed E-state index contributed by atoms with van der Waals surface area (Å²) in [4.78, 5) is 17.4. The lowest BCUT2D eigenvalue weighted by atomic mass is 10.2. The number of ether oxygens (including phenoxy) is 1. The van der Waals surface area contributed by atoms with Crippen LogP contribution < -0.4 is 20.7 Å². The molecule has 0 amide bonds. The third kappa shape index (κ3) is 7.23. The minimum absolute atomic E-state index is 0.175. The van der Waals surface area contributed by atoms with E-state index in [0.717, 1.165) is 11.4 Å². The number of rotatable bonds is 10. The number of aromatic nitrogens is 4. The van der Waals surface area contributed by atoms with E-state index < -0.39 is 18.3 Å². The van der Waals surface area contributed by atoms with Crippen LogP contribution in [0.3, 0.4) is 0 Å². The number of halogens is 2. The van der Waals surface area contributed by atoms with Gasteiger partial charge in [-0.15, -0.1) is 0 Å². The Morgan fingerprint density at radius 2 is 1.32 bits per heavy atom. The van der Waals surface area contributed by atoms with Crippen LogP contribution in [0.5, 0.6) is 5.88 Å². The lowest BCUT2D eigenvalue weighted by Crippen LogP contribution is -2.28. The molecule has 0 spiro atoms. The molecule has 2 heterocycles. The minimum atomic E-state index is -0.637. The van der Waals surface area contributed by atoms with Crippen molar-refractivity contribution in [2.24, 2.45) is 0 Å². The van der Waals surface area contributed by atoms with Crippen LogP contribution in [0.25, 0.3) is 0 Å². The first kappa shape index (κ1) is 26.1. The summed E-state index contributed by atoms with van der Waals surface area (Å²) in [5.74, 6) is 1.69. The van der Waals surface area contributed by atoms with Crippen molar-refractivity contribution in [2.75, 3.05) is 16.0 Å². The average Bonchev–Trinajstić information content (AvgIpc) is 2.79. The van der Waals surface area contributed by atoms with E-state index in [-0.39, 0.29) is 6.04 Å². The molecule has 182 valence electrons. The van der Waals surface area contributed by atoms with E-state index in [4.69, 9.17) is 4.74 Å². The van der Waals surface area contributed by atoms with Crippen LogP contribution >= 0.6 is 31.9 Å². The summed E-state index contributed by atoms with van der Waals surface area (Å²) < 4.78 is 6.98. The topological polar surface area (TPSA) is 137 Å². The minimum Gasteiger partial charge on any atom is -0.471 e. The van der Waals surface area contributed by atoms with Crippen LogP contribution in [0.1, 0.15) is 27.7 Å². The third-order valence-electron chi connectivity index (χ3n) is 4.92. The van der Waals surface area contributed by atoms with Gasteiger partial charge in [0.05, 0.1) is 33.4 Å². The van der Waals surface area contributed by atoms with Gasteiger partial charge in [-0.1, -0.05) is 0 Å². The molecular formula is C22H27Br2N7O3. The fourth-order valence-corrected chi connectivity index (χ4v) is 3.12. The Labute approximate surface area is 214 Å². The molecule has 12 heteroatoms. The van der Waals surface area contributed by atoms with E-state index in [1.54, 1.807) is 33.2 Å². The quantitative estimate of drug-likeness (QED) is 0.225. The van der Waals surface area contributed by atoms with Gasteiger partial charge in [0.15, 0.2) is 0 Å². The van der Waals surface area contributed by atoms with Gasteiger partial charge in [-0.25, -0.2) is 9.97 Å². The second kappa shape index (κ2) is 11.7. The zero-order valence-electron chi connectivity index (χ0n) is 19.1. The molecule has 0 aliphatic rings. The highest BCUT2D eigenvalue weighted by Gasteiger charge is 2.15. The number of hydrogen-bond acceptors (Lipinski definition) is 10. The molecule has 3 rings (SSSR count). The molecule has 0 aliphatic heterocycles. The fraction of sp³-hybridized carbons (Fsp3) is 0.364. The Morgan fingerprint density at radius 1 is 0.794 bits per heavy atom. The van der Waals surface area contributed by atoms with Crippen molar-refractivity contribution >= 4 is 60.9 Å². The van der Waals surface area contributed by atoms with E-state index in [9.17, 15) is 10.2 Å². The lowest BCUT2D eigenvalue weighted by molar-refractivity contribution is 0.0569. The SMILES string of the molecule is C[C@@H](O)[C@@H](C)Nc1nc(Nc2ccc(Nc3ncc(Br)c(O[C@H](C)[C@@H](C)O)n3)cc2)ncc1Br. The summed E-state index contributed by atoms with van der Waals surface area (Å²) in [5, 5.41) is 28.8. The molecule has 34 heavy (non-hydrogen) atoms. The summed E-state index contributed by atoms with van der Waals surface area (Å²) in [5.41, 5.74) is 1.56. The maximum Gasteiger partial charge on any atom is 0.233 e. The maximum atomic E-state index is 9.73. The zero-order valence-corrected chi connectivity index (χ0v) is 22.3. The van der Waals surface area contributed by atoms with E-state index in [1.807, 2.05) is 31.2 Å². The van der Waals surface area contributed by atoms with Crippen molar-refractivity contribution in [3.8, 4) is 5.88 Å². The highest BCUT2D eigenvalue weighted by molar-refractivity contribution is 9.11. The van der Waals surface area contributed by atoms with Crippen LogP contribution in [-0.2, 0) is 0 Å². The number of nitrogens with zero attached hydrogens (tertiary/aromatic N) is 4. The predicted molar refractivity (Wildman–Crippen MR) is 139 cm³/mol. The molecule has 0 saturated carbocycles. The van der Waals surface area contributed by atoms with Crippen LogP contribution in [-0.4, -0.2) is 54.5 Å². The number of anilines is 5. The molecule has 2 aromatic heterocycles. The Hall–Kier alpha value is -2.54. The first-order chi connectivity index (χ1) is 16.1. The number of benzene rings is 1. The van der Waals surface area contributed by atoms with Gasteiger partial charge in [-0.3, -0.25) is 0 Å². The molecule has 0 radical (unpaired) electrons.